The normalized spacial score (nSPS) is 10.7. The summed E-state index contributed by atoms with van der Waals surface area (Å²) in [5, 5.41) is 3.30. The average molecular weight is 175 g/mol. The fourth-order valence-electron chi connectivity index (χ4n) is 0.806. The highest BCUT2D eigenvalue weighted by Gasteiger charge is 2.14. The molecule has 2 N–H and O–H groups in total. The Morgan fingerprint density at radius 1 is 1.75 bits per heavy atom. The Balaban J connectivity index is 3.09. The van der Waals surface area contributed by atoms with Crippen molar-refractivity contribution < 1.29 is 13.6 Å². The second-order valence-electron chi connectivity index (χ2n) is 2.26. The number of nitrogens with zero attached hydrogens (tertiary/aromatic N) is 2. The molecule has 12 heavy (non-hydrogen) atoms. The zero-order valence-corrected chi connectivity index (χ0v) is 6.29. The molecule has 1 aromatic rings. The molecular formula is C6H7F2N3O. The fraction of sp³-hybridized carbons (Fsp3) is 0.333. The van der Waals surface area contributed by atoms with E-state index in [-0.39, 0.29) is 11.4 Å². The van der Waals surface area contributed by atoms with Crippen LogP contribution in [0.5, 0.6) is 0 Å². The molecule has 0 radical (unpaired) electrons. The monoisotopic (exact) mass is 175 g/mol. The number of hydrogen-bond donors (Lipinski definition) is 1. The van der Waals surface area contributed by atoms with Crippen LogP contribution in [-0.2, 0) is 0 Å². The zero-order chi connectivity index (χ0) is 9.30. The number of amides is 1. The number of primary amides is 1. The number of alkyl halides is 2. The molecule has 0 saturated carbocycles. The van der Waals surface area contributed by atoms with Crippen LogP contribution in [0.1, 0.15) is 22.7 Å². The quantitative estimate of drug-likeness (QED) is 0.718. The van der Waals surface area contributed by atoms with Crippen LogP contribution < -0.4 is 5.73 Å². The van der Waals surface area contributed by atoms with Crippen LogP contribution in [0.3, 0.4) is 0 Å². The predicted molar refractivity (Wildman–Crippen MR) is 36.7 cm³/mol. The average Bonchev–Trinajstić information content (AvgIpc) is 2.30. The van der Waals surface area contributed by atoms with Crippen molar-refractivity contribution >= 4 is 5.91 Å². The first-order valence-corrected chi connectivity index (χ1v) is 3.16. The van der Waals surface area contributed by atoms with Gasteiger partial charge in [-0.25, -0.2) is 4.68 Å². The molecule has 1 aromatic heterocycles. The molecule has 0 aliphatic rings. The molecule has 66 valence electrons. The fourth-order valence-corrected chi connectivity index (χ4v) is 0.806. The number of aryl methyl sites for hydroxylation is 1. The zero-order valence-electron chi connectivity index (χ0n) is 6.29. The van der Waals surface area contributed by atoms with E-state index in [0.717, 1.165) is 0 Å². The summed E-state index contributed by atoms with van der Waals surface area (Å²) in [6.45, 7) is -1.32. The minimum Gasteiger partial charge on any atom is -0.364 e. The van der Waals surface area contributed by atoms with Gasteiger partial charge >= 0.3 is 6.55 Å². The van der Waals surface area contributed by atoms with Gasteiger partial charge in [0, 0.05) is 5.69 Å². The van der Waals surface area contributed by atoms with Crippen LogP contribution >= 0.6 is 0 Å². The van der Waals surface area contributed by atoms with Crippen molar-refractivity contribution in [2.75, 3.05) is 0 Å². The van der Waals surface area contributed by atoms with Gasteiger partial charge in [-0.3, -0.25) is 4.79 Å². The van der Waals surface area contributed by atoms with Crippen LogP contribution in [0.25, 0.3) is 0 Å². The summed E-state index contributed by atoms with van der Waals surface area (Å²) >= 11 is 0. The van der Waals surface area contributed by atoms with Crippen molar-refractivity contribution in [1.29, 1.82) is 0 Å². The van der Waals surface area contributed by atoms with Gasteiger partial charge in [-0.2, -0.15) is 13.9 Å². The third kappa shape index (κ3) is 1.41. The van der Waals surface area contributed by atoms with Gasteiger partial charge in [0.15, 0.2) is 0 Å². The van der Waals surface area contributed by atoms with Crippen molar-refractivity contribution in [3.05, 3.63) is 17.5 Å². The third-order valence-corrected chi connectivity index (χ3v) is 1.36. The van der Waals surface area contributed by atoms with Crippen molar-refractivity contribution in [3.8, 4) is 0 Å². The summed E-state index contributed by atoms with van der Waals surface area (Å²) in [4.78, 5) is 10.5. The molecule has 0 aliphatic heterocycles. The van der Waals surface area contributed by atoms with E-state index in [9.17, 15) is 13.6 Å². The lowest BCUT2D eigenvalue weighted by atomic mass is 10.4. The van der Waals surface area contributed by atoms with Crippen molar-refractivity contribution in [2.24, 2.45) is 5.73 Å². The Kier molecular flexibility index (Phi) is 2.07. The summed E-state index contributed by atoms with van der Waals surface area (Å²) < 4.78 is 24.6. The summed E-state index contributed by atoms with van der Waals surface area (Å²) in [5.74, 6) is -0.808. The maximum atomic E-state index is 12.1. The molecule has 0 spiro atoms. The SMILES string of the molecule is Cc1cc(C(N)=O)nn1C(F)F. The maximum absolute atomic E-state index is 12.1. The van der Waals surface area contributed by atoms with Crippen LogP contribution in [-0.4, -0.2) is 15.7 Å². The minimum atomic E-state index is -2.74. The highest BCUT2D eigenvalue weighted by atomic mass is 19.3. The Hall–Kier alpha value is -1.46. The summed E-state index contributed by atoms with van der Waals surface area (Å²) in [7, 11) is 0. The number of halogens is 2. The highest BCUT2D eigenvalue weighted by Crippen LogP contribution is 2.12. The molecule has 0 fully saturated rings. The van der Waals surface area contributed by atoms with Gasteiger partial charge in [0.2, 0.25) is 0 Å². The van der Waals surface area contributed by atoms with Crippen molar-refractivity contribution in [2.45, 2.75) is 13.5 Å². The molecule has 0 unspecified atom stereocenters. The highest BCUT2D eigenvalue weighted by molar-refractivity contribution is 5.90. The number of aromatic nitrogens is 2. The second kappa shape index (κ2) is 2.88. The molecule has 0 aromatic carbocycles. The van der Waals surface area contributed by atoms with Crippen molar-refractivity contribution in [3.63, 3.8) is 0 Å². The smallest absolute Gasteiger partial charge is 0.333 e. The number of hydrogen-bond acceptors (Lipinski definition) is 2. The van der Waals surface area contributed by atoms with Gasteiger partial charge in [0.25, 0.3) is 5.91 Å². The largest absolute Gasteiger partial charge is 0.364 e. The molecule has 4 nitrogen and oxygen atoms in total. The molecule has 0 bridgehead atoms. The molecule has 0 atom stereocenters. The predicted octanol–water partition coefficient (Wildman–Crippen LogP) is 0.686. The third-order valence-electron chi connectivity index (χ3n) is 1.36. The molecular weight excluding hydrogens is 168 g/mol. The molecule has 0 aliphatic carbocycles. The minimum absolute atomic E-state index is 0.146. The first-order valence-electron chi connectivity index (χ1n) is 3.16. The van der Waals surface area contributed by atoms with Crippen molar-refractivity contribution in [1.82, 2.24) is 9.78 Å². The Morgan fingerprint density at radius 3 is 2.58 bits per heavy atom. The van der Waals surface area contributed by atoms with E-state index >= 15 is 0 Å². The van der Waals surface area contributed by atoms with E-state index in [1.54, 1.807) is 0 Å². The van der Waals surface area contributed by atoms with Crippen LogP contribution in [0.4, 0.5) is 8.78 Å². The Bertz CT molecular complexity index is 308. The van der Waals surface area contributed by atoms with E-state index in [0.29, 0.717) is 4.68 Å². The van der Waals surface area contributed by atoms with Gasteiger partial charge in [-0.15, -0.1) is 0 Å². The van der Waals surface area contributed by atoms with Gasteiger partial charge < -0.3 is 5.73 Å². The van der Waals surface area contributed by atoms with Gasteiger partial charge in [0.1, 0.15) is 5.69 Å². The molecule has 6 heteroatoms. The van der Waals surface area contributed by atoms with Crippen LogP contribution in [0.2, 0.25) is 0 Å². The topological polar surface area (TPSA) is 60.9 Å². The Labute approximate surface area is 67.0 Å². The van der Waals surface area contributed by atoms with E-state index in [1.165, 1.54) is 13.0 Å². The Morgan fingerprint density at radius 2 is 2.33 bits per heavy atom. The number of nitrogens with two attached hydrogens (primary N) is 1. The molecule has 0 saturated heterocycles. The number of carbonyl (C=O) groups is 1. The van der Waals surface area contributed by atoms with E-state index in [4.69, 9.17) is 5.73 Å². The second-order valence-corrected chi connectivity index (χ2v) is 2.26. The lowest BCUT2D eigenvalue weighted by molar-refractivity contribution is 0.0539. The first kappa shape index (κ1) is 8.63. The molecule has 1 heterocycles. The van der Waals surface area contributed by atoms with Crippen LogP contribution in [0, 0.1) is 6.92 Å². The summed E-state index contributed by atoms with van der Waals surface area (Å²) in [6, 6.07) is 1.22. The molecule has 1 amide bonds. The molecule has 1 rings (SSSR count). The van der Waals surface area contributed by atoms with Gasteiger partial charge in [-0.05, 0) is 13.0 Å². The number of carbonyl (C=O) groups excluding carboxylic acids is 1. The number of rotatable bonds is 2. The van der Waals surface area contributed by atoms with E-state index < -0.39 is 12.5 Å². The van der Waals surface area contributed by atoms with Gasteiger partial charge in [0.05, 0.1) is 0 Å². The standard InChI is InChI=1S/C6H7F2N3O/c1-3-2-4(5(9)12)10-11(3)6(7)8/h2,6H,1H3,(H2,9,12). The maximum Gasteiger partial charge on any atom is 0.333 e. The lowest BCUT2D eigenvalue weighted by Crippen LogP contribution is -2.12. The lowest BCUT2D eigenvalue weighted by Gasteiger charge is -1.99. The van der Waals surface area contributed by atoms with Gasteiger partial charge in [-0.1, -0.05) is 0 Å². The summed E-state index contributed by atoms with van der Waals surface area (Å²) in [6.07, 6.45) is 0. The van der Waals surface area contributed by atoms with E-state index in [2.05, 4.69) is 5.10 Å². The van der Waals surface area contributed by atoms with Crippen LogP contribution in [0.15, 0.2) is 6.07 Å². The first-order chi connectivity index (χ1) is 5.52. The van der Waals surface area contributed by atoms with E-state index in [1.807, 2.05) is 0 Å². The summed E-state index contributed by atoms with van der Waals surface area (Å²) in [5.41, 5.74) is 4.90.